The molecule has 0 saturated heterocycles. The van der Waals surface area contributed by atoms with Gasteiger partial charge < -0.3 is 10.1 Å². The Morgan fingerprint density at radius 2 is 1.95 bits per heavy atom. The highest BCUT2D eigenvalue weighted by Crippen LogP contribution is 2.16. The van der Waals surface area contributed by atoms with Gasteiger partial charge in [0.2, 0.25) is 0 Å². The lowest BCUT2D eigenvalue weighted by Gasteiger charge is -2.14. The predicted molar refractivity (Wildman–Crippen MR) is 81.7 cm³/mol. The van der Waals surface area contributed by atoms with E-state index in [9.17, 15) is 0 Å². The molecule has 1 heterocycles. The molecule has 0 aliphatic rings. The lowest BCUT2D eigenvalue weighted by molar-refractivity contribution is 0.242. The summed E-state index contributed by atoms with van der Waals surface area (Å²) in [5, 5.41) is 3.48. The van der Waals surface area contributed by atoms with Gasteiger partial charge in [-0.2, -0.15) is 0 Å². The third kappa shape index (κ3) is 4.35. The Hall–Kier alpha value is -1.87. The van der Waals surface area contributed by atoms with Gasteiger partial charge in [0.25, 0.3) is 0 Å². The topological polar surface area (TPSA) is 34.1 Å². The Morgan fingerprint density at radius 3 is 2.65 bits per heavy atom. The third-order valence-electron chi connectivity index (χ3n) is 3.01. The highest BCUT2D eigenvalue weighted by molar-refractivity contribution is 5.28. The lowest BCUT2D eigenvalue weighted by atomic mass is 10.1. The van der Waals surface area contributed by atoms with E-state index < -0.39 is 0 Å². The molecular weight excluding hydrogens is 248 g/mol. The molecule has 0 spiro atoms. The van der Waals surface area contributed by atoms with Crippen molar-refractivity contribution < 1.29 is 4.74 Å². The summed E-state index contributed by atoms with van der Waals surface area (Å²) >= 11 is 0. The molecule has 3 heteroatoms. The van der Waals surface area contributed by atoms with Crippen molar-refractivity contribution in [2.75, 3.05) is 0 Å². The van der Waals surface area contributed by atoms with Crippen LogP contribution in [-0.2, 0) is 6.54 Å². The molecule has 3 nitrogen and oxygen atoms in total. The van der Waals surface area contributed by atoms with Crippen molar-refractivity contribution in [3.8, 4) is 5.75 Å². The van der Waals surface area contributed by atoms with Crippen LogP contribution in [0.25, 0.3) is 0 Å². The van der Waals surface area contributed by atoms with Crippen LogP contribution < -0.4 is 10.1 Å². The Kier molecular flexibility index (Phi) is 5.13. The van der Waals surface area contributed by atoms with Crippen molar-refractivity contribution in [1.29, 1.82) is 0 Å². The van der Waals surface area contributed by atoms with E-state index in [1.807, 2.05) is 50.4 Å². The van der Waals surface area contributed by atoms with E-state index >= 15 is 0 Å². The fourth-order valence-corrected chi connectivity index (χ4v) is 2.01. The monoisotopic (exact) mass is 270 g/mol. The summed E-state index contributed by atoms with van der Waals surface area (Å²) in [5.41, 5.74) is 2.27. The Labute approximate surface area is 121 Å². The number of aromatic nitrogens is 1. The maximum atomic E-state index is 5.71. The molecule has 1 unspecified atom stereocenters. The Bertz CT molecular complexity index is 526. The van der Waals surface area contributed by atoms with Gasteiger partial charge in [-0.05, 0) is 50.6 Å². The Morgan fingerprint density at radius 1 is 1.10 bits per heavy atom. The molecule has 0 amide bonds. The van der Waals surface area contributed by atoms with Crippen LogP contribution in [0.5, 0.6) is 5.75 Å². The zero-order valence-electron chi connectivity index (χ0n) is 12.3. The molecule has 1 aromatic heterocycles. The van der Waals surface area contributed by atoms with Crippen LogP contribution in [0.4, 0.5) is 0 Å². The van der Waals surface area contributed by atoms with Crippen LogP contribution in [-0.4, -0.2) is 11.1 Å². The number of nitrogens with one attached hydrogen (secondary N) is 1. The highest BCUT2D eigenvalue weighted by Gasteiger charge is 2.06. The zero-order chi connectivity index (χ0) is 14.4. The maximum Gasteiger partial charge on any atom is 0.120 e. The van der Waals surface area contributed by atoms with Crippen molar-refractivity contribution in [3.63, 3.8) is 0 Å². The number of hydrogen-bond donors (Lipinski definition) is 1. The first-order chi connectivity index (χ1) is 9.65. The third-order valence-corrected chi connectivity index (χ3v) is 3.01. The zero-order valence-corrected chi connectivity index (χ0v) is 12.3. The van der Waals surface area contributed by atoms with Crippen LogP contribution in [0.1, 0.15) is 38.1 Å². The van der Waals surface area contributed by atoms with Crippen LogP contribution in [0.2, 0.25) is 0 Å². The summed E-state index contributed by atoms with van der Waals surface area (Å²) < 4.78 is 5.71. The molecule has 1 N–H and O–H groups in total. The van der Waals surface area contributed by atoms with Gasteiger partial charge in [-0.1, -0.05) is 18.2 Å². The molecule has 2 rings (SSSR count). The summed E-state index contributed by atoms with van der Waals surface area (Å²) in [6.07, 6.45) is 2.02. The summed E-state index contributed by atoms with van der Waals surface area (Å²) in [7, 11) is 0. The first-order valence-corrected chi connectivity index (χ1v) is 7.05. The van der Waals surface area contributed by atoms with E-state index in [1.165, 1.54) is 5.56 Å². The molecule has 0 aliphatic carbocycles. The van der Waals surface area contributed by atoms with Gasteiger partial charge in [0.15, 0.2) is 0 Å². The summed E-state index contributed by atoms with van der Waals surface area (Å²) in [4.78, 5) is 4.36. The van der Waals surface area contributed by atoms with E-state index in [-0.39, 0.29) is 12.1 Å². The molecule has 0 bridgehead atoms. The second kappa shape index (κ2) is 7.06. The summed E-state index contributed by atoms with van der Waals surface area (Å²) in [5.74, 6) is 0.921. The smallest absolute Gasteiger partial charge is 0.120 e. The predicted octanol–water partition coefficient (Wildman–Crippen LogP) is 3.72. The number of ether oxygens (including phenoxy) is 1. The largest absolute Gasteiger partial charge is 0.491 e. The van der Waals surface area contributed by atoms with E-state index in [1.54, 1.807) is 0 Å². The van der Waals surface area contributed by atoms with Gasteiger partial charge in [0.05, 0.1) is 11.8 Å². The normalized spacial score (nSPS) is 12.4. The fourth-order valence-electron chi connectivity index (χ4n) is 2.01. The fraction of sp³-hybridized carbons (Fsp3) is 0.353. The molecule has 106 valence electrons. The first kappa shape index (κ1) is 14.5. The van der Waals surface area contributed by atoms with Gasteiger partial charge >= 0.3 is 0 Å². The minimum atomic E-state index is 0.200. The lowest BCUT2D eigenvalue weighted by Crippen LogP contribution is -2.19. The van der Waals surface area contributed by atoms with Gasteiger partial charge in [-0.3, -0.25) is 4.98 Å². The van der Waals surface area contributed by atoms with E-state index in [2.05, 4.69) is 29.4 Å². The average molecular weight is 270 g/mol. The van der Waals surface area contributed by atoms with Crippen LogP contribution >= 0.6 is 0 Å². The summed E-state index contributed by atoms with van der Waals surface area (Å²) in [6, 6.07) is 14.4. The molecule has 1 atom stereocenters. The highest BCUT2D eigenvalue weighted by atomic mass is 16.5. The van der Waals surface area contributed by atoms with Crippen molar-refractivity contribution in [3.05, 3.63) is 59.9 Å². The van der Waals surface area contributed by atoms with Crippen LogP contribution in [0.15, 0.2) is 48.7 Å². The number of pyridine rings is 1. The van der Waals surface area contributed by atoms with Crippen LogP contribution in [0, 0.1) is 0 Å². The standard InChI is InChI=1S/C17H22N2O/c1-13(2)20-16-8-6-7-15(11-16)12-19-14(3)17-9-4-5-10-18-17/h4-11,13-14,19H,12H2,1-3H3. The SMILES string of the molecule is CC(C)Oc1cccc(CNC(C)c2ccccn2)c1. The van der Waals surface area contributed by atoms with Gasteiger partial charge in [-0.25, -0.2) is 0 Å². The van der Waals surface area contributed by atoms with Gasteiger partial charge in [0, 0.05) is 18.8 Å². The number of benzene rings is 1. The molecule has 20 heavy (non-hydrogen) atoms. The molecule has 1 aromatic carbocycles. The number of hydrogen-bond acceptors (Lipinski definition) is 3. The van der Waals surface area contributed by atoms with Crippen LogP contribution in [0.3, 0.4) is 0 Å². The van der Waals surface area contributed by atoms with Crippen molar-refractivity contribution in [1.82, 2.24) is 10.3 Å². The van der Waals surface area contributed by atoms with E-state index in [0.29, 0.717) is 0 Å². The number of nitrogens with zero attached hydrogens (tertiary/aromatic N) is 1. The molecule has 0 fully saturated rings. The van der Waals surface area contributed by atoms with Crippen molar-refractivity contribution in [2.24, 2.45) is 0 Å². The minimum Gasteiger partial charge on any atom is -0.491 e. The summed E-state index contributed by atoms with van der Waals surface area (Å²) in [6.45, 7) is 6.99. The second-order valence-corrected chi connectivity index (χ2v) is 5.17. The quantitative estimate of drug-likeness (QED) is 0.868. The van der Waals surface area contributed by atoms with Gasteiger partial charge in [0.1, 0.15) is 5.75 Å². The average Bonchev–Trinajstić information content (AvgIpc) is 2.45. The van der Waals surface area contributed by atoms with E-state index in [0.717, 1.165) is 18.0 Å². The van der Waals surface area contributed by atoms with Crippen molar-refractivity contribution in [2.45, 2.75) is 39.5 Å². The molecule has 2 aromatic rings. The molecule has 0 saturated carbocycles. The van der Waals surface area contributed by atoms with E-state index in [4.69, 9.17) is 4.74 Å². The Balaban J connectivity index is 1.94. The second-order valence-electron chi connectivity index (χ2n) is 5.17. The molecular formula is C17H22N2O. The minimum absolute atomic E-state index is 0.200. The first-order valence-electron chi connectivity index (χ1n) is 7.05. The van der Waals surface area contributed by atoms with Gasteiger partial charge in [-0.15, -0.1) is 0 Å². The maximum absolute atomic E-state index is 5.71. The number of rotatable bonds is 6. The van der Waals surface area contributed by atoms with Crippen molar-refractivity contribution >= 4 is 0 Å². The molecule has 0 aliphatic heterocycles. The molecule has 0 radical (unpaired) electrons.